The quantitative estimate of drug-likeness (QED) is 0.697. The summed E-state index contributed by atoms with van der Waals surface area (Å²) in [6.45, 7) is 9.01. The lowest BCUT2D eigenvalue weighted by Gasteiger charge is -2.35. The Hall–Kier alpha value is -0.540. The summed E-state index contributed by atoms with van der Waals surface area (Å²) < 4.78 is 1.19. The highest BCUT2D eigenvalue weighted by Gasteiger charge is 2.20. The molecule has 3 heteroatoms. The van der Waals surface area contributed by atoms with Crippen LogP contribution in [0.4, 0.5) is 5.69 Å². The molecule has 1 heterocycles. The van der Waals surface area contributed by atoms with Gasteiger partial charge in [-0.3, -0.25) is 0 Å². The predicted octanol–water partition coefficient (Wildman–Crippen LogP) is 4.97. The van der Waals surface area contributed by atoms with Crippen LogP contribution in [-0.2, 0) is 6.54 Å². The minimum absolute atomic E-state index is 0.945. The number of anilines is 1. The highest BCUT2D eigenvalue weighted by Crippen LogP contribution is 2.30. The lowest BCUT2D eigenvalue weighted by Crippen LogP contribution is -2.34. The van der Waals surface area contributed by atoms with E-state index in [0.717, 1.165) is 19.0 Å². The van der Waals surface area contributed by atoms with Crippen LogP contribution in [0.3, 0.4) is 0 Å². The van der Waals surface area contributed by atoms with Gasteiger partial charge in [0.15, 0.2) is 0 Å². The van der Waals surface area contributed by atoms with E-state index in [1.807, 2.05) is 0 Å². The van der Waals surface area contributed by atoms with Crippen molar-refractivity contribution in [1.29, 1.82) is 0 Å². The topological polar surface area (TPSA) is 15.3 Å². The molecule has 1 saturated heterocycles. The Kier molecular flexibility index (Phi) is 7.05. The minimum Gasteiger partial charge on any atom is -0.371 e. The summed E-state index contributed by atoms with van der Waals surface area (Å²) >= 11 is 3.63. The average molecular weight is 353 g/mol. The lowest BCUT2D eigenvalue weighted by molar-refractivity contribution is 0.378. The second-order valence-electron chi connectivity index (χ2n) is 6.17. The first-order chi connectivity index (χ1) is 10.2. The van der Waals surface area contributed by atoms with Crippen molar-refractivity contribution in [3.05, 3.63) is 28.2 Å². The van der Waals surface area contributed by atoms with Gasteiger partial charge in [-0.05, 0) is 49.4 Å². The van der Waals surface area contributed by atoms with Crippen LogP contribution < -0.4 is 10.2 Å². The molecule has 0 saturated carbocycles. The van der Waals surface area contributed by atoms with Crippen LogP contribution in [0.15, 0.2) is 22.7 Å². The smallest absolute Gasteiger partial charge is 0.0423 e. The largest absolute Gasteiger partial charge is 0.371 e. The van der Waals surface area contributed by atoms with E-state index < -0.39 is 0 Å². The van der Waals surface area contributed by atoms with Gasteiger partial charge in [-0.25, -0.2) is 0 Å². The van der Waals surface area contributed by atoms with Crippen molar-refractivity contribution >= 4 is 21.6 Å². The molecule has 21 heavy (non-hydrogen) atoms. The summed E-state index contributed by atoms with van der Waals surface area (Å²) in [6, 6.07) is 6.72. The van der Waals surface area contributed by atoms with Gasteiger partial charge in [0.25, 0.3) is 0 Å². The number of piperidine rings is 1. The van der Waals surface area contributed by atoms with Crippen LogP contribution in [0.2, 0.25) is 0 Å². The van der Waals surface area contributed by atoms with E-state index in [-0.39, 0.29) is 0 Å². The van der Waals surface area contributed by atoms with Gasteiger partial charge < -0.3 is 10.2 Å². The van der Waals surface area contributed by atoms with Gasteiger partial charge in [-0.2, -0.15) is 0 Å². The van der Waals surface area contributed by atoms with E-state index in [9.17, 15) is 0 Å². The van der Waals surface area contributed by atoms with E-state index in [1.165, 1.54) is 60.9 Å². The van der Waals surface area contributed by atoms with Crippen molar-refractivity contribution in [3.63, 3.8) is 0 Å². The molecule has 0 atom stereocenters. The number of nitrogens with one attached hydrogen (secondary N) is 1. The summed E-state index contributed by atoms with van der Waals surface area (Å²) in [5, 5.41) is 3.54. The lowest BCUT2D eigenvalue weighted by atomic mass is 9.92. The third-order valence-electron chi connectivity index (χ3n) is 4.44. The Bertz CT molecular complexity index is 425. The van der Waals surface area contributed by atoms with Crippen LogP contribution in [0, 0.1) is 5.92 Å². The van der Waals surface area contributed by atoms with Crippen molar-refractivity contribution in [2.75, 3.05) is 24.5 Å². The molecule has 1 aromatic rings. The van der Waals surface area contributed by atoms with Crippen LogP contribution in [-0.4, -0.2) is 19.6 Å². The molecular weight excluding hydrogens is 324 g/mol. The van der Waals surface area contributed by atoms with E-state index in [2.05, 4.69) is 58.2 Å². The number of hydrogen-bond acceptors (Lipinski definition) is 2. The van der Waals surface area contributed by atoms with E-state index in [1.54, 1.807) is 0 Å². The summed E-state index contributed by atoms with van der Waals surface area (Å²) in [7, 11) is 0. The van der Waals surface area contributed by atoms with Gasteiger partial charge in [-0.15, -0.1) is 0 Å². The van der Waals surface area contributed by atoms with Gasteiger partial charge in [-0.1, -0.05) is 48.7 Å². The molecule has 0 aromatic heterocycles. The van der Waals surface area contributed by atoms with Crippen molar-refractivity contribution in [1.82, 2.24) is 5.32 Å². The summed E-state index contributed by atoms with van der Waals surface area (Å²) in [5.41, 5.74) is 2.85. The Morgan fingerprint density at radius 3 is 2.62 bits per heavy atom. The molecule has 2 rings (SSSR count). The standard InChI is InChI=1S/C18H29BrN2/c1-3-5-15-8-11-21(12-9-15)18-13-17(19)7-6-16(18)14-20-10-4-2/h6-7,13,15,20H,3-5,8-12,14H2,1-2H3. The molecule has 0 radical (unpaired) electrons. The van der Waals surface area contributed by atoms with Gasteiger partial charge in [0.1, 0.15) is 0 Å². The van der Waals surface area contributed by atoms with Crippen molar-refractivity contribution in [3.8, 4) is 0 Å². The Balaban J connectivity index is 2.02. The Morgan fingerprint density at radius 2 is 1.95 bits per heavy atom. The first kappa shape index (κ1) is 16.8. The van der Waals surface area contributed by atoms with Crippen LogP contribution >= 0.6 is 15.9 Å². The fraction of sp³-hybridized carbons (Fsp3) is 0.667. The van der Waals surface area contributed by atoms with Crippen molar-refractivity contribution in [2.24, 2.45) is 5.92 Å². The molecule has 0 spiro atoms. The number of halogens is 1. The first-order valence-corrected chi connectivity index (χ1v) is 9.28. The Labute approximate surface area is 138 Å². The molecule has 0 bridgehead atoms. The normalized spacial score (nSPS) is 16.4. The molecule has 0 unspecified atom stereocenters. The summed E-state index contributed by atoms with van der Waals surface area (Å²) in [5.74, 6) is 0.945. The Morgan fingerprint density at radius 1 is 1.19 bits per heavy atom. The number of benzene rings is 1. The van der Waals surface area contributed by atoms with Crippen LogP contribution in [0.1, 0.15) is 51.5 Å². The highest BCUT2D eigenvalue weighted by molar-refractivity contribution is 9.10. The molecule has 1 fully saturated rings. The van der Waals surface area contributed by atoms with Crippen molar-refractivity contribution < 1.29 is 0 Å². The van der Waals surface area contributed by atoms with Gasteiger partial charge in [0.2, 0.25) is 0 Å². The van der Waals surface area contributed by atoms with Crippen LogP contribution in [0.5, 0.6) is 0 Å². The van der Waals surface area contributed by atoms with E-state index in [0.29, 0.717) is 0 Å². The molecule has 1 aliphatic heterocycles. The molecule has 0 amide bonds. The summed E-state index contributed by atoms with van der Waals surface area (Å²) in [4.78, 5) is 2.58. The number of hydrogen-bond donors (Lipinski definition) is 1. The van der Waals surface area contributed by atoms with E-state index in [4.69, 9.17) is 0 Å². The first-order valence-electron chi connectivity index (χ1n) is 8.48. The third kappa shape index (κ3) is 5.00. The molecule has 1 aromatic carbocycles. The van der Waals surface area contributed by atoms with Crippen LogP contribution in [0.25, 0.3) is 0 Å². The average Bonchev–Trinajstić information content (AvgIpc) is 2.50. The fourth-order valence-electron chi connectivity index (χ4n) is 3.25. The maximum atomic E-state index is 3.63. The minimum atomic E-state index is 0.945. The highest BCUT2D eigenvalue weighted by atomic mass is 79.9. The molecule has 1 aliphatic rings. The van der Waals surface area contributed by atoms with Gasteiger partial charge in [0, 0.05) is 29.8 Å². The second-order valence-corrected chi connectivity index (χ2v) is 7.08. The molecule has 118 valence electrons. The maximum absolute atomic E-state index is 3.63. The van der Waals surface area contributed by atoms with Crippen molar-refractivity contribution in [2.45, 2.75) is 52.5 Å². The molecular formula is C18H29BrN2. The molecule has 2 nitrogen and oxygen atoms in total. The zero-order valence-corrected chi connectivity index (χ0v) is 15.1. The monoisotopic (exact) mass is 352 g/mol. The maximum Gasteiger partial charge on any atom is 0.0423 e. The SMILES string of the molecule is CCCNCc1ccc(Br)cc1N1CCC(CCC)CC1. The summed E-state index contributed by atoms with van der Waals surface area (Å²) in [6.07, 6.45) is 6.61. The van der Waals surface area contributed by atoms with E-state index >= 15 is 0 Å². The molecule has 0 aliphatic carbocycles. The second kappa shape index (κ2) is 8.79. The fourth-order valence-corrected chi connectivity index (χ4v) is 3.60. The number of nitrogens with zero attached hydrogens (tertiary/aromatic N) is 1. The zero-order chi connectivity index (χ0) is 15.1. The molecule has 1 N–H and O–H groups in total. The van der Waals surface area contributed by atoms with Gasteiger partial charge >= 0.3 is 0 Å². The van der Waals surface area contributed by atoms with Gasteiger partial charge in [0.05, 0.1) is 0 Å². The third-order valence-corrected chi connectivity index (χ3v) is 4.93. The number of rotatable bonds is 7. The zero-order valence-electron chi connectivity index (χ0n) is 13.5. The predicted molar refractivity (Wildman–Crippen MR) is 96.0 cm³/mol.